The molecule has 19 heavy (non-hydrogen) atoms. The highest BCUT2D eigenvalue weighted by Gasteiger charge is 2.30. The summed E-state index contributed by atoms with van der Waals surface area (Å²) >= 11 is 0. The number of hydrogen-bond donors (Lipinski definition) is 3. The highest BCUT2D eigenvalue weighted by molar-refractivity contribution is 5.89. The Morgan fingerprint density at radius 2 is 2.05 bits per heavy atom. The van der Waals surface area contributed by atoms with Crippen molar-refractivity contribution in [2.75, 3.05) is 11.9 Å². The molecule has 0 aliphatic heterocycles. The highest BCUT2D eigenvalue weighted by Crippen LogP contribution is 2.23. The molecule has 0 bridgehead atoms. The van der Waals surface area contributed by atoms with E-state index in [9.17, 15) is 4.79 Å². The molecular formula is C14H21N3O2. The van der Waals surface area contributed by atoms with Crippen molar-refractivity contribution in [2.24, 2.45) is 5.73 Å². The predicted molar refractivity (Wildman–Crippen MR) is 74.9 cm³/mol. The Morgan fingerprint density at radius 3 is 2.63 bits per heavy atom. The summed E-state index contributed by atoms with van der Waals surface area (Å²) in [6, 6.07) is 7.57. The molecule has 0 heterocycles. The smallest absolute Gasteiger partial charge is 0.319 e. The second kappa shape index (κ2) is 6.54. The topological polar surface area (TPSA) is 76.4 Å². The zero-order chi connectivity index (χ0) is 13.7. The monoisotopic (exact) mass is 263 g/mol. The maximum atomic E-state index is 11.7. The Balaban J connectivity index is 1.72. The maximum absolute atomic E-state index is 11.7. The molecule has 0 unspecified atom stereocenters. The van der Waals surface area contributed by atoms with Gasteiger partial charge < -0.3 is 21.1 Å². The van der Waals surface area contributed by atoms with E-state index in [1.54, 1.807) is 0 Å². The third-order valence-electron chi connectivity index (χ3n) is 3.28. The third kappa shape index (κ3) is 3.94. The first-order valence-corrected chi connectivity index (χ1v) is 6.69. The van der Waals surface area contributed by atoms with Gasteiger partial charge in [-0.2, -0.15) is 0 Å². The van der Waals surface area contributed by atoms with Crippen molar-refractivity contribution >= 4 is 11.7 Å². The van der Waals surface area contributed by atoms with Crippen LogP contribution in [-0.4, -0.2) is 24.8 Å². The van der Waals surface area contributed by atoms with E-state index in [-0.39, 0.29) is 12.1 Å². The third-order valence-corrected chi connectivity index (χ3v) is 3.28. The Labute approximate surface area is 113 Å². The van der Waals surface area contributed by atoms with E-state index in [0.717, 1.165) is 30.7 Å². The molecule has 2 rings (SSSR count). The molecule has 5 heteroatoms. The molecule has 0 spiro atoms. The van der Waals surface area contributed by atoms with Crippen molar-refractivity contribution in [1.82, 2.24) is 5.32 Å². The molecular weight excluding hydrogens is 242 g/mol. The van der Waals surface area contributed by atoms with E-state index in [2.05, 4.69) is 10.6 Å². The summed E-state index contributed by atoms with van der Waals surface area (Å²) in [6.07, 6.45) is 2.10. The van der Waals surface area contributed by atoms with Crippen LogP contribution < -0.4 is 16.4 Å². The number of carbonyl (C=O) groups excluding carboxylic acids is 1. The minimum Gasteiger partial charge on any atom is -0.378 e. The van der Waals surface area contributed by atoms with Crippen LogP contribution in [0.2, 0.25) is 0 Å². The molecule has 1 fully saturated rings. The van der Waals surface area contributed by atoms with Gasteiger partial charge in [-0.25, -0.2) is 4.79 Å². The van der Waals surface area contributed by atoms with Crippen LogP contribution in [0.4, 0.5) is 10.5 Å². The molecule has 1 aliphatic carbocycles. The fraction of sp³-hybridized carbons (Fsp3) is 0.500. The number of amides is 2. The van der Waals surface area contributed by atoms with Gasteiger partial charge in [0, 0.05) is 24.9 Å². The van der Waals surface area contributed by atoms with Crippen LogP contribution in [0.5, 0.6) is 0 Å². The van der Waals surface area contributed by atoms with Gasteiger partial charge in [0.25, 0.3) is 0 Å². The lowest BCUT2D eigenvalue weighted by atomic mass is 9.89. The first-order valence-electron chi connectivity index (χ1n) is 6.69. The van der Waals surface area contributed by atoms with Gasteiger partial charge in [0.2, 0.25) is 0 Å². The summed E-state index contributed by atoms with van der Waals surface area (Å²) < 4.78 is 5.45. The first-order chi connectivity index (χ1) is 9.21. The van der Waals surface area contributed by atoms with E-state index in [1.807, 2.05) is 31.2 Å². The van der Waals surface area contributed by atoms with E-state index < -0.39 is 0 Å². The SMILES string of the molecule is CCOC1CC(NC(=O)Nc2ccc(CN)cc2)C1. The number of carbonyl (C=O) groups is 1. The van der Waals surface area contributed by atoms with Crippen LogP contribution in [0.3, 0.4) is 0 Å². The fourth-order valence-electron chi connectivity index (χ4n) is 2.13. The lowest BCUT2D eigenvalue weighted by molar-refractivity contribution is -0.00673. The normalized spacial score (nSPS) is 21.6. The minimum atomic E-state index is -0.166. The molecule has 0 saturated heterocycles. The predicted octanol–water partition coefficient (Wildman–Crippen LogP) is 1.83. The van der Waals surface area contributed by atoms with E-state index in [4.69, 9.17) is 10.5 Å². The average Bonchev–Trinajstić information content (AvgIpc) is 2.37. The average molecular weight is 263 g/mol. The molecule has 1 aromatic carbocycles. The van der Waals surface area contributed by atoms with Crippen molar-refractivity contribution in [1.29, 1.82) is 0 Å². The van der Waals surface area contributed by atoms with Crippen LogP contribution in [0.15, 0.2) is 24.3 Å². The summed E-state index contributed by atoms with van der Waals surface area (Å²) in [5, 5.41) is 5.73. The van der Waals surface area contributed by atoms with Crippen LogP contribution >= 0.6 is 0 Å². The molecule has 0 atom stereocenters. The number of hydrogen-bond acceptors (Lipinski definition) is 3. The van der Waals surface area contributed by atoms with Crippen LogP contribution in [-0.2, 0) is 11.3 Å². The number of anilines is 1. The number of urea groups is 1. The second-order valence-electron chi connectivity index (χ2n) is 4.75. The fourth-order valence-corrected chi connectivity index (χ4v) is 2.13. The molecule has 0 aromatic heterocycles. The number of rotatable bonds is 5. The summed E-state index contributed by atoms with van der Waals surface area (Å²) in [6.45, 7) is 3.23. The summed E-state index contributed by atoms with van der Waals surface area (Å²) in [4.78, 5) is 11.7. The molecule has 4 N–H and O–H groups in total. The van der Waals surface area contributed by atoms with E-state index in [0.29, 0.717) is 12.6 Å². The standard InChI is InChI=1S/C14H21N3O2/c1-2-19-13-7-12(8-13)17-14(18)16-11-5-3-10(9-15)4-6-11/h3-6,12-13H,2,7-9,15H2,1H3,(H2,16,17,18). The largest absolute Gasteiger partial charge is 0.378 e. The number of nitrogens with two attached hydrogens (primary N) is 1. The van der Waals surface area contributed by atoms with Gasteiger partial charge in [-0.1, -0.05) is 12.1 Å². The minimum absolute atomic E-state index is 0.166. The quantitative estimate of drug-likeness (QED) is 0.758. The molecule has 5 nitrogen and oxygen atoms in total. The van der Waals surface area contributed by atoms with E-state index >= 15 is 0 Å². The zero-order valence-electron chi connectivity index (χ0n) is 11.2. The molecule has 0 radical (unpaired) electrons. The Bertz CT molecular complexity index is 413. The summed E-state index contributed by atoms with van der Waals surface area (Å²) in [5.74, 6) is 0. The number of ether oxygens (including phenoxy) is 1. The van der Waals surface area contributed by atoms with Crippen LogP contribution in [0.25, 0.3) is 0 Å². The summed E-state index contributed by atoms with van der Waals surface area (Å²) in [7, 11) is 0. The van der Waals surface area contributed by atoms with Gasteiger partial charge in [0.1, 0.15) is 0 Å². The van der Waals surface area contributed by atoms with Gasteiger partial charge in [-0.05, 0) is 37.5 Å². The number of benzene rings is 1. The molecule has 1 aliphatic rings. The Hall–Kier alpha value is -1.59. The first kappa shape index (κ1) is 13.8. The van der Waals surface area contributed by atoms with Crippen molar-refractivity contribution in [3.63, 3.8) is 0 Å². The van der Waals surface area contributed by atoms with Gasteiger partial charge in [0.05, 0.1) is 6.10 Å². The summed E-state index contributed by atoms with van der Waals surface area (Å²) in [5.41, 5.74) is 7.34. The van der Waals surface area contributed by atoms with Crippen molar-refractivity contribution in [2.45, 2.75) is 38.5 Å². The lowest BCUT2D eigenvalue weighted by Crippen LogP contribution is -2.49. The van der Waals surface area contributed by atoms with Crippen LogP contribution in [0.1, 0.15) is 25.3 Å². The second-order valence-corrected chi connectivity index (χ2v) is 4.75. The zero-order valence-corrected chi connectivity index (χ0v) is 11.2. The Morgan fingerprint density at radius 1 is 1.37 bits per heavy atom. The van der Waals surface area contributed by atoms with E-state index in [1.165, 1.54) is 0 Å². The van der Waals surface area contributed by atoms with Gasteiger partial charge in [-0.15, -0.1) is 0 Å². The lowest BCUT2D eigenvalue weighted by Gasteiger charge is -2.35. The van der Waals surface area contributed by atoms with Crippen molar-refractivity contribution in [3.8, 4) is 0 Å². The maximum Gasteiger partial charge on any atom is 0.319 e. The highest BCUT2D eigenvalue weighted by atomic mass is 16.5. The Kier molecular flexibility index (Phi) is 4.76. The molecule has 1 aromatic rings. The van der Waals surface area contributed by atoms with Gasteiger partial charge >= 0.3 is 6.03 Å². The van der Waals surface area contributed by atoms with Crippen molar-refractivity contribution in [3.05, 3.63) is 29.8 Å². The van der Waals surface area contributed by atoms with Gasteiger partial charge in [0.15, 0.2) is 0 Å². The molecule has 2 amide bonds. The number of nitrogens with one attached hydrogen (secondary N) is 2. The van der Waals surface area contributed by atoms with Gasteiger partial charge in [-0.3, -0.25) is 0 Å². The van der Waals surface area contributed by atoms with Crippen molar-refractivity contribution < 1.29 is 9.53 Å². The molecule has 104 valence electrons. The van der Waals surface area contributed by atoms with Crippen LogP contribution in [0, 0.1) is 0 Å². The molecule has 1 saturated carbocycles.